The normalized spacial score (nSPS) is 24.4. The first-order chi connectivity index (χ1) is 8.84. The van der Waals surface area contributed by atoms with Crippen LogP contribution in [0.1, 0.15) is 12.0 Å². The highest BCUT2D eigenvalue weighted by molar-refractivity contribution is 5.98. The van der Waals surface area contributed by atoms with Gasteiger partial charge < -0.3 is 4.74 Å². The fourth-order valence-corrected chi connectivity index (χ4v) is 2.52. The van der Waals surface area contributed by atoms with E-state index < -0.39 is 0 Å². The molecule has 0 radical (unpaired) electrons. The summed E-state index contributed by atoms with van der Waals surface area (Å²) in [6.45, 7) is 0.692. The molecule has 18 heavy (non-hydrogen) atoms. The number of allylic oxidation sites excluding steroid dienone is 4. The molecule has 0 fully saturated rings. The molecule has 0 spiro atoms. The molecule has 0 heterocycles. The van der Waals surface area contributed by atoms with Gasteiger partial charge in [0.05, 0.1) is 12.5 Å². The number of rotatable bonds is 5. The molecule has 0 amide bonds. The van der Waals surface area contributed by atoms with E-state index in [1.54, 1.807) is 6.08 Å². The Balaban J connectivity index is 1.42. The molecule has 1 aromatic carbocycles. The van der Waals surface area contributed by atoms with Crippen LogP contribution in [0.15, 0.2) is 54.3 Å². The van der Waals surface area contributed by atoms with E-state index in [-0.39, 0.29) is 11.7 Å². The molecule has 0 saturated heterocycles. The zero-order valence-electron chi connectivity index (χ0n) is 10.2. The van der Waals surface area contributed by atoms with Gasteiger partial charge in [-0.2, -0.15) is 0 Å². The monoisotopic (exact) mass is 240 g/mol. The molecule has 2 unspecified atom stereocenters. The van der Waals surface area contributed by atoms with Crippen LogP contribution in [0, 0.1) is 11.8 Å². The van der Waals surface area contributed by atoms with Crippen molar-refractivity contribution in [2.75, 3.05) is 6.61 Å². The topological polar surface area (TPSA) is 26.3 Å². The van der Waals surface area contributed by atoms with Crippen molar-refractivity contribution in [2.24, 2.45) is 11.8 Å². The molecule has 2 aliphatic rings. The van der Waals surface area contributed by atoms with Crippen LogP contribution >= 0.6 is 0 Å². The first-order valence-corrected chi connectivity index (χ1v) is 6.45. The van der Waals surface area contributed by atoms with E-state index in [1.807, 2.05) is 12.1 Å². The van der Waals surface area contributed by atoms with Crippen molar-refractivity contribution in [1.82, 2.24) is 0 Å². The quantitative estimate of drug-likeness (QED) is 0.740. The van der Waals surface area contributed by atoms with Crippen LogP contribution in [-0.2, 0) is 16.0 Å². The maximum absolute atomic E-state index is 11.5. The molecule has 2 atom stereocenters. The lowest BCUT2D eigenvalue weighted by Gasteiger charge is -2.28. The second kappa shape index (κ2) is 4.81. The highest BCUT2D eigenvalue weighted by Crippen LogP contribution is 2.40. The SMILES string of the molecule is O=C1C=CC2C=C(OCCCc3ccccc3)C12. The van der Waals surface area contributed by atoms with E-state index in [4.69, 9.17) is 4.74 Å². The van der Waals surface area contributed by atoms with Crippen molar-refractivity contribution in [3.8, 4) is 0 Å². The van der Waals surface area contributed by atoms with Crippen LogP contribution in [0.25, 0.3) is 0 Å². The fourth-order valence-electron chi connectivity index (χ4n) is 2.52. The predicted molar refractivity (Wildman–Crippen MR) is 69.9 cm³/mol. The van der Waals surface area contributed by atoms with Gasteiger partial charge in [-0.05, 0) is 30.6 Å². The smallest absolute Gasteiger partial charge is 0.166 e. The molecule has 2 heteroatoms. The minimum Gasteiger partial charge on any atom is -0.497 e. The van der Waals surface area contributed by atoms with Crippen LogP contribution in [-0.4, -0.2) is 12.4 Å². The molecule has 0 aromatic heterocycles. The molecule has 1 aromatic rings. The average molecular weight is 240 g/mol. The summed E-state index contributed by atoms with van der Waals surface area (Å²) in [4.78, 5) is 11.5. The predicted octanol–water partition coefficient (Wildman–Crippen LogP) is 2.90. The number of fused-ring (bicyclic) bond motifs is 1. The third-order valence-corrected chi connectivity index (χ3v) is 3.56. The van der Waals surface area contributed by atoms with Crippen molar-refractivity contribution < 1.29 is 9.53 Å². The number of benzene rings is 1. The van der Waals surface area contributed by atoms with Crippen molar-refractivity contribution in [2.45, 2.75) is 12.8 Å². The molecule has 0 N–H and O–H groups in total. The van der Waals surface area contributed by atoms with Crippen molar-refractivity contribution >= 4 is 5.78 Å². The minimum atomic E-state index is 0.00160. The maximum atomic E-state index is 11.5. The van der Waals surface area contributed by atoms with E-state index >= 15 is 0 Å². The number of hydrogen-bond donors (Lipinski definition) is 0. The molecule has 2 aliphatic carbocycles. The van der Waals surface area contributed by atoms with E-state index in [2.05, 4.69) is 30.3 Å². The third-order valence-electron chi connectivity index (χ3n) is 3.56. The first-order valence-electron chi connectivity index (χ1n) is 6.45. The van der Waals surface area contributed by atoms with Gasteiger partial charge in [0, 0.05) is 5.92 Å². The molecular formula is C16H16O2. The average Bonchev–Trinajstić information content (AvgIpc) is 2.65. The van der Waals surface area contributed by atoms with Crippen LogP contribution in [0.2, 0.25) is 0 Å². The van der Waals surface area contributed by atoms with Gasteiger partial charge in [0.15, 0.2) is 5.78 Å². The Labute approximate surface area is 107 Å². The third kappa shape index (κ3) is 2.10. The van der Waals surface area contributed by atoms with Crippen LogP contribution < -0.4 is 0 Å². The van der Waals surface area contributed by atoms with Crippen molar-refractivity contribution in [3.63, 3.8) is 0 Å². The summed E-state index contributed by atoms with van der Waals surface area (Å²) in [5.41, 5.74) is 1.33. The summed E-state index contributed by atoms with van der Waals surface area (Å²) in [5.74, 6) is 1.38. The van der Waals surface area contributed by atoms with Gasteiger partial charge in [-0.3, -0.25) is 4.79 Å². The number of aryl methyl sites for hydroxylation is 1. The summed E-state index contributed by atoms with van der Waals surface area (Å²) < 4.78 is 5.68. The summed E-state index contributed by atoms with van der Waals surface area (Å²) in [6, 6.07) is 10.4. The van der Waals surface area contributed by atoms with Crippen molar-refractivity contribution in [3.05, 3.63) is 59.9 Å². The highest BCUT2D eigenvalue weighted by atomic mass is 16.5. The Hall–Kier alpha value is -1.83. The molecule has 0 saturated carbocycles. The Morgan fingerprint density at radius 2 is 2.00 bits per heavy atom. The van der Waals surface area contributed by atoms with Gasteiger partial charge in [-0.1, -0.05) is 36.4 Å². The second-order valence-electron chi connectivity index (χ2n) is 4.82. The summed E-state index contributed by atoms with van der Waals surface area (Å²) in [5, 5.41) is 0. The standard InChI is InChI=1S/C16H16O2/c17-14-9-8-13-11-15(16(13)14)18-10-4-7-12-5-2-1-3-6-12/h1-3,5-6,8-9,11,13,16H,4,7,10H2. The Morgan fingerprint density at radius 3 is 2.78 bits per heavy atom. The Morgan fingerprint density at radius 1 is 1.17 bits per heavy atom. The van der Waals surface area contributed by atoms with Gasteiger partial charge in [0.1, 0.15) is 5.76 Å². The lowest BCUT2D eigenvalue weighted by molar-refractivity contribution is -0.118. The molecule has 0 bridgehead atoms. The number of ether oxygens (including phenoxy) is 1. The van der Waals surface area contributed by atoms with Crippen LogP contribution in [0.4, 0.5) is 0 Å². The van der Waals surface area contributed by atoms with Gasteiger partial charge in [0.2, 0.25) is 0 Å². The maximum Gasteiger partial charge on any atom is 0.166 e. The Kier molecular flexibility index (Phi) is 3.01. The summed E-state index contributed by atoms with van der Waals surface area (Å²) in [7, 11) is 0. The largest absolute Gasteiger partial charge is 0.497 e. The second-order valence-corrected chi connectivity index (χ2v) is 4.82. The van der Waals surface area contributed by atoms with E-state index in [9.17, 15) is 4.79 Å². The van der Waals surface area contributed by atoms with Crippen LogP contribution in [0.5, 0.6) is 0 Å². The highest BCUT2D eigenvalue weighted by Gasteiger charge is 2.40. The lowest BCUT2D eigenvalue weighted by Crippen LogP contribution is -2.27. The molecule has 2 nitrogen and oxygen atoms in total. The van der Waals surface area contributed by atoms with Crippen LogP contribution in [0.3, 0.4) is 0 Å². The molecular weight excluding hydrogens is 224 g/mol. The Bertz CT molecular complexity index is 499. The zero-order valence-corrected chi connectivity index (χ0v) is 10.2. The fraction of sp³-hybridized carbons (Fsp3) is 0.312. The number of ketones is 1. The van der Waals surface area contributed by atoms with Crippen molar-refractivity contribution in [1.29, 1.82) is 0 Å². The number of hydrogen-bond acceptors (Lipinski definition) is 2. The molecule has 0 aliphatic heterocycles. The van der Waals surface area contributed by atoms with E-state index in [0.717, 1.165) is 18.6 Å². The summed E-state index contributed by atoms with van der Waals surface area (Å²) in [6.07, 6.45) is 7.69. The minimum absolute atomic E-state index is 0.00160. The van der Waals surface area contributed by atoms with E-state index in [0.29, 0.717) is 12.5 Å². The molecule has 92 valence electrons. The zero-order chi connectivity index (χ0) is 12.4. The van der Waals surface area contributed by atoms with E-state index in [1.165, 1.54) is 5.56 Å². The van der Waals surface area contributed by atoms with Gasteiger partial charge >= 0.3 is 0 Å². The summed E-state index contributed by atoms with van der Waals surface area (Å²) >= 11 is 0. The number of carbonyl (C=O) groups excluding carboxylic acids is 1. The number of carbonyl (C=O) groups is 1. The van der Waals surface area contributed by atoms with Gasteiger partial charge in [0.25, 0.3) is 0 Å². The lowest BCUT2D eigenvalue weighted by atomic mass is 9.82. The van der Waals surface area contributed by atoms with Gasteiger partial charge in [-0.15, -0.1) is 0 Å². The first kappa shape index (κ1) is 11.3. The van der Waals surface area contributed by atoms with Gasteiger partial charge in [-0.25, -0.2) is 0 Å². The molecule has 3 rings (SSSR count).